The molecule has 1 aliphatic carbocycles. The second-order valence-electron chi connectivity index (χ2n) is 10.1. The van der Waals surface area contributed by atoms with Crippen molar-refractivity contribution in [1.29, 1.82) is 0 Å². The summed E-state index contributed by atoms with van der Waals surface area (Å²) in [6, 6.07) is 51.4. The Balaban J connectivity index is 1.26. The van der Waals surface area contributed by atoms with E-state index in [-0.39, 0.29) is 0 Å². The number of rotatable bonds is 5. The quantitative estimate of drug-likeness (QED) is 0.223. The van der Waals surface area contributed by atoms with Crippen molar-refractivity contribution in [2.75, 3.05) is 4.90 Å². The van der Waals surface area contributed by atoms with Crippen LogP contribution in [0, 0.1) is 0 Å². The smallest absolute Gasteiger partial charge is 0.137 e. The molecular weight excluding hydrogens is 496 g/mol. The Morgan fingerprint density at radius 1 is 0.463 bits per heavy atom. The van der Waals surface area contributed by atoms with E-state index in [2.05, 4.69) is 144 Å². The minimum atomic E-state index is 0.878. The molecule has 0 saturated carbocycles. The predicted molar refractivity (Wildman–Crippen MR) is 172 cm³/mol. The number of pyridine rings is 1. The van der Waals surface area contributed by atoms with Gasteiger partial charge in [0.25, 0.3) is 0 Å². The second kappa shape index (κ2) is 11.0. The molecule has 0 radical (unpaired) electrons. The molecule has 0 N–H and O–H groups in total. The number of aromatic nitrogens is 1. The summed E-state index contributed by atoms with van der Waals surface area (Å²) in [5.41, 5.74) is 11.8. The van der Waals surface area contributed by atoms with Gasteiger partial charge in [0.2, 0.25) is 0 Å². The molecule has 0 saturated heterocycles. The molecule has 2 nitrogen and oxygen atoms in total. The summed E-state index contributed by atoms with van der Waals surface area (Å²) in [5, 5.41) is 0. The molecule has 6 aromatic rings. The first-order valence-corrected chi connectivity index (χ1v) is 13.9. The van der Waals surface area contributed by atoms with Crippen molar-refractivity contribution in [2.45, 2.75) is 0 Å². The van der Waals surface area contributed by atoms with Crippen LogP contribution in [0.5, 0.6) is 0 Å². The van der Waals surface area contributed by atoms with Crippen LogP contribution in [0.1, 0.15) is 16.7 Å². The summed E-state index contributed by atoms with van der Waals surface area (Å²) in [6.45, 7) is 0. The predicted octanol–water partition coefficient (Wildman–Crippen LogP) is 10.3. The normalized spacial score (nSPS) is 12.0. The van der Waals surface area contributed by atoms with Crippen LogP contribution in [0.15, 0.2) is 164 Å². The van der Waals surface area contributed by atoms with Gasteiger partial charge in [0.05, 0.1) is 0 Å². The van der Waals surface area contributed by atoms with Crippen LogP contribution in [0.3, 0.4) is 0 Å². The maximum Gasteiger partial charge on any atom is 0.137 e. The summed E-state index contributed by atoms with van der Waals surface area (Å²) in [5.74, 6) is 0.878. The third-order valence-electron chi connectivity index (χ3n) is 7.53. The number of anilines is 3. The zero-order chi connectivity index (χ0) is 27.4. The molecule has 0 aliphatic heterocycles. The Hall–Kier alpha value is -5.47. The number of benzene rings is 5. The molecule has 1 aliphatic rings. The van der Waals surface area contributed by atoms with Crippen molar-refractivity contribution < 1.29 is 0 Å². The van der Waals surface area contributed by atoms with E-state index in [1.54, 1.807) is 0 Å². The van der Waals surface area contributed by atoms with Gasteiger partial charge in [0.1, 0.15) is 5.82 Å². The largest absolute Gasteiger partial charge is 0.295 e. The van der Waals surface area contributed by atoms with E-state index in [9.17, 15) is 0 Å². The summed E-state index contributed by atoms with van der Waals surface area (Å²) in [7, 11) is 0. The highest BCUT2D eigenvalue weighted by Gasteiger charge is 2.15. The first kappa shape index (κ1) is 24.6. The van der Waals surface area contributed by atoms with Gasteiger partial charge in [-0.1, -0.05) is 121 Å². The van der Waals surface area contributed by atoms with Gasteiger partial charge in [0.15, 0.2) is 0 Å². The summed E-state index contributed by atoms with van der Waals surface area (Å²) in [4.78, 5) is 6.90. The summed E-state index contributed by atoms with van der Waals surface area (Å²) in [6.07, 6.45) is 8.41. The molecule has 2 bridgehead atoms. The number of allylic oxidation sites excluding steroid dienone is 2. The molecule has 0 fully saturated rings. The molecule has 5 aromatic carbocycles. The number of fused-ring (bicyclic) bond motifs is 4. The van der Waals surface area contributed by atoms with Gasteiger partial charge in [-0.3, -0.25) is 4.90 Å². The zero-order valence-corrected chi connectivity index (χ0v) is 22.6. The van der Waals surface area contributed by atoms with Crippen LogP contribution in [0.2, 0.25) is 0 Å². The first-order chi connectivity index (χ1) is 20.3. The van der Waals surface area contributed by atoms with Crippen LogP contribution in [-0.4, -0.2) is 4.98 Å². The monoisotopic (exact) mass is 524 g/mol. The fourth-order valence-corrected chi connectivity index (χ4v) is 5.49. The fourth-order valence-electron chi connectivity index (χ4n) is 5.49. The maximum absolute atomic E-state index is 4.70. The van der Waals surface area contributed by atoms with Crippen LogP contribution in [-0.2, 0) is 0 Å². The summed E-state index contributed by atoms with van der Waals surface area (Å²) >= 11 is 0. The van der Waals surface area contributed by atoms with Gasteiger partial charge in [-0.25, -0.2) is 4.98 Å². The first-order valence-electron chi connectivity index (χ1n) is 13.9. The average Bonchev–Trinajstić information content (AvgIpc) is 3.10. The third-order valence-corrected chi connectivity index (χ3v) is 7.53. The van der Waals surface area contributed by atoms with E-state index in [1.807, 2.05) is 30.5 Å². The minimum Gasteiger partial charge on any atom is -0.295 e. The highest BCUT2D eigenvalue weighted by atomic mass is 15.2. The highest BCUT2D eigenvalue weighted by Crippen LogP contribution is 2.37. The lowest BCUT2D eigenvalue weighted by Crippen LogP contribution is -2.11. The SMILES string of the molecule is C1=Cc2ccccc2-c2cccc(c2)C(c2ccc(N(c3ccc(-c4ccccc4)cc3)c3ccccn3)cc2)=C1. The molecular formula is C39H28N2. The van der Waals surface area contributed by atoms with Crippen molar-refractivity contribution in [3.8, 4) is 22.3 Å². The van der Waals surface area contributed by atoms with Crippen molar-refractivity contribution in [3.63, 3.8) is 0 Å². The van der Waals surface area contributed by atoms with Crippen LogP contribution < -0.4 is 4.90 Å². The standard InChI is InChI=1S/C39H28N2/c1-2-10-29(11-3-1)30-19-23-35(24-20-30)41(39-18-6-7-27-40-39)36-25-21-32(22-26-36)38-17-9-13-31-12-4-5-16-37(31)33-14-8-15-34(38)28-33/h1-28H. The lowest BCUT2D eigenvalue weighted by atomic mass is 9.94. The Morgan fingerprint density at radius 2 is 1.10 bits per heavy atom. The van der Waals surface area contributed by atoms with E-state index in [1.165, 1.54) is 44.5 Å². The molecule has 2 heteroatoms. The van der Waals surface area contributed by atoms with E-state index in [0.717, 1.165) is 17.2 Å². The molecule has 0 atom stereocenters. The van der Waals surface area contributed by atoms with Crippen LogP contribution in [0.25, 0.3) is 33.9 Å². The van der Waals surface area contributed by atoms with Crippen LogP contribution >= 0.6 is 0 Å². The van der Waals surface area contributed by atoms with Crippen molar-refractivity contribution >= 4 is 28.8 Å². The van der Waals surface area contributed by atoms with E-state index in [4.69, 9.17) is 4.98 Å². The van der Waals surface area contributed by atoms with Crippen molar-refractivity contribution in [1.82, 2.24) is 4.98 Å². The maximum atomic E-state index is 4.70. The van der Waals surface area contributed by atoms with E-state index >= 15 is 0 Å². The lowest BCUT2D eigenvalue weighted by Gasteiger charge is -2.25. The lowest BCUT2D eigenvalue weighted by molar-refractivity contribution is 1.18. The van der Waals surface area contributed by atoms with E-state index < -0.39 is 0 Å². The van der Waals surface area contributed by atoms with Gasteiger partial charge in [-0.2, -0.15) is 0 Å². The highest BCUT2D eigenvalue weighted by molar-refractivity contribution is 5.87. The molecule has 0 amide bonds. The fraction of sp³-hybridized carbons (Fsp3) is 0. The van der Waals surface area contributed by atoms with Gasteiger partial charge >= 0.3 is 0 Å². The minimum absolute atomic E-state index is 0.878. The molecule has 7 rings (SSSR count). The van der Waals surface area contributed by atoms with Gasteiger partial charge in [0, 0.05) is 17.6 Å². The number of hydrogen-bond acceptors (Lipinski definition) is 2. The molecule has 194 valence electrons. The second-order valence-corrected chi connectivity index (χ2v) is 10.1. The van der Waals surface area contributed by atoms with Gasteiger partial charge in [-0.15, -0.1) is 0 Å². The van der Waals surface area contributed by atoms with Crippen molar-refractivity contribution in [3.05, 3.63) is 181 Å². The third kappa shape index (κ3) is 4.99. The molecule has 0 spiro atoms. The summed E-state index contributed by atoms with van der Waals surface area (Å²) < 4.78 is 0. The van der Waals surface area contributed by atoms with Gasteiger partial charge < -0.3 is 0 Å². The van der Waals surface area contributed by atoms with Gasteiger partial charge in [-0.05, 0) is 87.0 Å². The molecule has 1 heterocycles. The van der Waals surface area contributed by atoms with E-state index in [0.29, 0.717) is 0 Å². The Labute approximate surface area is 241 Å². The Morgan fingerprint density at radius 3 is 1.85 bits per heavy atom. The Bertz CT molecular complexity index is 1850. The topological polar surface area (TPSA) is 16.1 Å². The molecule has 1 aromatic heterocycles. The Kier molecular flexibility index (Phi) is 6.56. The molecule has 41 heavy (non-hydrogen) atoms. The zero-order valence-electron chi connectivity index (χ0n) is 22.6. The van der Waals surface area contributed by atoms with Crippen molar-refractivity contribution in [2.24, 2.45) is 0 Å². The number of hydrogen-bond donors (Lipinski definition) is 0. The van der Waals surface area contributed by atoms with Crippen LogP contribution in [0.4, 0.5) is 17.2 Å². The average molecular weight is 525 g/mol. The number of nitrogens with zero attached hydrogens (tertiary/aromatic N) is 2. The molecule has 0 unspecified atom stereocenters.